The van der Waals surface area contributed by atoms with Gasteiger partial charge in [0.25, 0.3) is 15.9 Å². The van der Waals surface area contributed by atoms with Gasteiger partial charge >= 0.3 is 0 Å². The first-order valence-electron chi connectivity index (χ1n) is 9.32. The summed E-state index contributed by atoms with van der Waals surface area (Å²) in [5, 5.41) is 10.5. The second kappa shape index (κ2) is 7.71. The van der Waals surface area contributed by atoms with Crippen LogP contribution in [0.2, 0.25) is 0 Å². The van der Waals surface area contributed by atoms with E-state index in [1.807, 2.05) is 24.3 Å². The Bertz CT molecular complexity index is 1220. The molecule has 0 saturated heterocycles. The number of amides is 2. The molecule has 0 fully saturated rings. The first kappa shape index (κ1) is 19.8. The molecule has 4 rings (SSSR count). The average molecular weight is 425 g/mol. The van der Waals surface area contributed by atoms with Gasteiger partial charge in [0.2, 0.25) is 5.91 Å². The van der Waals surface area contributed by atoms with E-state index in [0.717, 1.165) is 10.7 Å². The zero-order chi connectivity index (χ0) is 21.3. The Morgan fingerprint density at radius 1 is 1.10 bits per heavy atom. The summed E-state index contributed by atoms with van der Waals surface area (Å²) in [6.45, 7) is 1.70. The fraction of sp³-hybridized carbons (Fsp3) is 0.200. The van der Waals surface area contributed by atoms with E-state index >= 15 is 0 Å². The number of nitrogens with one attached hydrogen (secondary N) is 1. The average Bonchev–Trinajstić information content (AvgIpc) is 3.25. The Morgan fingerprint density at radius 3 is 2.53 bits per heavy atom. The van der Waals surface area contributed by atoms with Crippen molar-refractivity contribution in [3.05, 3.63) is 71.5 Å². The molecule has 3 aromatic rings. The molecular formula is C20H19N5O4S. The first-order chi connectivity index (χ1) is 14.4. The van der Waals surface area contributed by atoms with Gasteiger partial charge in [0.1, 0.15) is 17.1 Å². The van der Waals surface area contributed by atoms with Crippen LogP contribution in [0.15, 0.2) is 59.6 Å². The van der Waals surface area contributed by atoms with Crippen LogP contribution in [0.5, 0.6) is 0 Å². The second-order valence-electron chi connectivity index (χ2n) is 6.82. The fourth-order valence-electron chi connectivity index (χ4n) is 3.19. The number of aryl methyl sites for hydroxylation is 1. The zero-order valence-electron chi connectivity index (χ0n) is 16.1. The molecule has 1 aromatic heterocycles. The summed E-state index contributed by atoms with van der Waals surface area (Å²) in [5.74, 6) is -0.901. The van der Waals surface area contributed by atoms with Crippen LogP contribution < -0.4 is 5.32 Å². The minimum absolute atomic E-state index is 0.0177. The van der Waals surface area contributed by atoms with Gasteiger partial charge in [-0.1, -0.05) is 36.4 Å². The quantitative estimate of drug-likeness (QED) is 0.644. The summed E-state index contributed by atoms with van der Waals surface area (Å²) in [6.07, 6.45) is 2.36. The fourth-order valence-corrected chi connectivity index (χ4v) is 4.73. The van der Waals surface area contributed by atoms with Crippen LogP contribution in [0.25, 0.3) is 0 Å². The van der Waals surface area contributed by atoms with E-state index in [9.17, 15) is 18.0 Å². The first-order valence-corrected chi connectivity index (χ1v) is 10.8. The number of fused-ring (bicyclic) bond motifs is 1. The topological polar surface area (TPSA) is 114 Å². The van der Waals surface area contributed by atoms with Crippen LogP contribution in [-0.2, 0) is 34.3 Å². The molecule has 30 heavy (non-hydrogen) atoms. The van der Waals surface area contributed by atoms with Gasteiger partial charge in [-0.15, -0.1) is 5.10 Å². The molecule has 0 aliphatic carbocycles. The number of carbonyl (C=O) groups is 2. The van der Waals surface area contributed by atoms with Crippen LogP contribution in [-0.4, -0.2) is 39.5 Å². The third-order valence-corrected chi connectivity index (χ3v) is 6.54. The molecule has 1 aliphatic heterocycles. The maximum absolute atomic E-state index is 12.6. The Labute approximate surface area is 173 Å². The van der Waals surface area contributed by atoms with Gasteiger partial charge in [0.05, 0.1) is 18.3 Å². The highest BCUT2D eigenvalue weighted by atomic mass is 32.2. The molecule has 0 saturated carbocycles. The summed E-state index contributed by atoms with van der Waals surface area (Å²) >= 11 is 0. The largest absolute Gasteiger partial charge is 0.324 e. The maximum atomic E-state index is 12.6. The Balaban J connectivity index is 1.42. The van der Waals surface area contributed by atoms with E-state index in [2.05, 4.69) is 22.6 Å². The molecule has 9 nitrogen and oxygen atoms in total. The smallest absolute Gasteiger partial charge is 0.269 e. The summed E-state index contributed by atoms with van der Waals surface area (Å²) in [7, 11) is -3.93. The number of carbonyl (C=O) groups excluding carboxylic acids is 2. The molecule has 1 N–H and O–H groups in total. The number of benzene rings is 2. The van der Waals surface area contributed by atoms with Gasteiger partial charge in [-0.2, -0.15) is 0 Å². The molecule has 0 bridgehead atoms. The lowest BCUT2D eigenvalue weighted by atomic mass is 10.1. The number of sulfonamides is 1. The predicted molar refractivity (Wildman–Crippen MR) is 108 cm³/mol. The third kappa shape index (κ3) is 3.69. The van der Waals surface area contributed by atoms with Crippen LogP contribution in [0.1, 0.15) is 28.5 Å². The lowest BCUT2D eigenvalue weighted by Gasteiger charge is -2.12. The number of nitrogens with zero attached hydrogens (tertiary/aromatic N) is 4. The van der Waals surface area contributed by atoms with Crippen molar-refractivity contribution in [3.63, 3.8) is 0 Å². The van der Waals surface area contributed by atoms with E-state index in [1.54, 1.807) is 12.1 Å². The number of rotatable bonds is 6. The molecule has 0 atom stereocenters. The summed E-state index contributed by atoms with van der Waals surface area (Å²) in [4.78, 5) is 24.7. The molecule has 2 amide bonds. The molecule has 154 valence electrons. The van der Waals surface area contributed by atoms with Gasteiger partial charge < -0.3 is 5.32 Å². The molecule has 0 unspecified atom stereocenters. The lowest BCUT2D eigenvalue weighted by Crippen LogP contribution is -2.29. The van der Waals surface area contributed by atoms with Crippen molar-refractivity contribution in [1.29, 1.82) is 0 Å². The minimum Gasteiger partial charge on any atom is -0.324 e. The van der Waals surface area contributed by atoms with Crippen LogP contribution in [0, 0.1) is 0 Å². The number of aromatic nitrogens is 3. The molecule has 0 radical (unpaired) electrons. The summed E-state index contributed by atoms with van der Waals surface area (Å²) in [6, 6.07) is 13.6. The van der Waals surface area contributed by atoms with Crippen LogP contribution in [0.3, 0.4) is 0 Å². The molecule has 2 heterocycles. The number of anilines is 1. The van der Waals surface area contributed by atoms with Gasteiger partial charge in [-0.3, -0.25) is 9.59 Å². The monoisotopic (exact) mass is 425 g/mol. The molecule has 1 aliphatic rings. The van der Waals surface area contributed by atoms with Gasteiger partial charge in [-0.05, 0) is 36.2 Å². The van der Waals surface area contributed by atoms with Crippen molar-refractivity contribution in [1.82, 2.24) is 19.3 Å². The highest BCUT2D eigenvalue weighted by molar-refractivity contribution is 7.90. The van der Waals surface area contributed by atoms with Crippen molar-refractivity contribution in [2.75, 3.05) is 5.32 Å². The zero-order valence-corrected chi connectivity index (χ0v) is 17.0. The highest BCUT2D eigenvalue weighted by Gasteiger charge is 2.41. The van der Waals surface area contributed by atoms with E-state index in [0.29, 0.717) is 5.69 Å². The van der Waals surface area contributed by atoms with Gasteiger partial charge in [-0.25, -0.2) is 17.4 Å². The Hall–Kier alpha value is -3.53. The molecule has 2 aromatic carbocycles. The van der Waals surface area contributed by atoms with Crippen molar-refractivity contribution in [2.24, 2.45) is 0 Å². The van der Waals surface area contributed by atoms with E-state index < -0.39 is 15.9 Å². The van der Waals surface area contributed by atoms with Crippen molar-refractivity contribution >= 4 is 27.5 Å². The van der Waals surface area contributed by atoms with Crippen molar-refractivity contribution < 1.29 is 18.0 Å². The van der Waals surface area contributed by atoms with E-state index in [-0.39, 0.29) is 35.1 Å². The van der Waals surface area contributed by atoms with E-state index in [1.165, 1.54) is 28.6 Å². The van der Waals surface area contributed by atoms with Crippen LogP contribution in [0.4, 0.5) is 5.69 Å². The van der Waals surface area contributed by atoms with Gasteiger partial charge in [0.15, 0.2) is 0 Å². The number of hydrogen-bond acceptors (Lipinski definition) is 6. The maximum Gasteiger partial charge on any atom is 0.269 e. The standard InChI is InChI=1S/C20H19N5O4S/c1-2-14-7-9-15(10-8-14)21-19(26)13-24-11-16(22-23-24)12-25-20(27)17-5-3-4-6-18(17)30(25,28)29/h3-11H,2,12-13H2,1H3,(H,21,26). The normalized spacial score (nSPS) is 14.6. The second-order valence-corrected chi connectivity index (χ2v) is 8.65. The summed E-state index contributed by atoms with van der Waals surface area (Å²) < 4.78 is 27.3. The lowest BCUT2D eigenvalue weighted by molar-refractivity contribution is -0.116. The van der Waals surface area contributed by atoms with Crippen molar-refractivity contribution in [2.45, 2.75) is 31.3 Å². The molecule has 10 heteroatoms. The van der Waals surface area contributed by atoms with Gasteiger partial charge in [0, 0.05) is 5.69 Å². The van der Waals surface area contributed by atoms with Crippen LogP contribution >= 0.6 is 0 Å². The number of hydrogen-bond donors (Lipinski definition) is 1. The SMILES string of the molecule is CCc1ccc(NC(=O)Cn2cc(CN3C(=O)c4ccccc4S3(=O)=O)nn2)cc1. The van der Waals surface area contributed by atoms with Crippen molar-refractivity contribution in [3.8, 4) is 0 Å². The summed E-state index contributed by atoms with van der Waals surface area (Å²) in [5.41, 5.74) is 2.24. The Kier molecular flexibility index (Phi) is 5.08. The Morgan fingerprint density at radius 2 is 1.83 bits per heavy atom. The third-order valence-electron chi connectivity index (χ3n) is 4.76. The predicted octanol–water partition coefficient (Wildman–Crippen LogP) is 1.82. The molecular weight excluding hydrogens is 406 g/mol. The highest BCUT2D eigenvalue weighted by Crippen LogP contribution is 2.30. The molecule has 0 spiro atoms. The minimum atomic E-state index is -3.93. The van der Waals surface area contributed by atoms with E-state index in [4.69, 9.17) is 0 Å².